The molecule has 0 aliphatic heterocycles. The average Bonchev–Trinajstić information content (AvgIpc) is 3.07. The predicted molar refractivity (Wildman–Crippen MR) is 115 cm³/mol. The monoisotopic (exact) mass is 392 g/mol. The van der Waals surface area contributed by atoms with E-state index in [1.54, 1.807) is 12.1 Å². The zero-order valence-electron chi connectivity index (χ0n) is 17.0. The van der Waals surface area contributed by atoms with Crippen LogP contribution in [0, 0.1) is 5.92 Å². The fraction of sp³-hybridized carbons (Fsp3) is 0.348. The summed E-state index contributed by atoms with van der Waals surface area (Å²) in [5.41, 5.74) is 2.49. The molecule has 0 aliphatic rings. The van der Waals surface area contributed by atoms with Crippen LogP contribution in [0.15, 0.2) is 54.6 Å². The number of para-hydroxylation sites is 2. The molecule has 0 unspecified atom stereocenters. The van der Waals surface area contributed by atoms with Crippen LogP contribution in [0.2, 0.25) is 0 Å². The van der Waals surface area contributed by atoms with Crippen molar-refractivity contribution in [3.63, 3.8) is 0 Å². The lowest BCUT2D eigenvalue weighted by Crippen LogP contribution is -2.31. The maximum absolute atomic E-state index is 12.4. The van der Waals surface area contributed by atoms with Crippen molar-refractivity contribution in [2.24, 2.45) is 5.92 Å². The van der Waals surface area contributed by atoms with Crippen LogP contribution in [-0.2, 0) is 17.8 Å². The summed E-state index contributed by atoms with van der Waals surface area (Å²) in [5, 5.41) is 5.91. The highest BCUT2D eigenvalue weighted by atomic mass is 16.2. The van der Waals surface area contributed by atoms with Gasteiger partial charge in [0, 0.05) is 25.1 Å². The Balaban J connectivity index is 1.62. The van der Waals surface area contributed by atoms with E-state index in [0.29, 0.717) is 31.0 Å². The number of aryl methyl sites for hydroxylation is 1. The number of imidazole rings is 1. The molecule has 2 N–H and O–H groups in total. The van der Waals surface area contributed by atoms with Crippen LogP contribution in [0.25, 0.3) is 11.0 Å². The molecule has 6 nitrogen and oxygen atoms in total. The Bertz CT molecular complexity index is 963. The van der Waals surface area contributed by atoms with E-state index >= 15 is 0 Å². The molecule has 0 aliphatic carbocycles. The smallest absolute Gasteiger partial charge is 0.251 e. The first kappa shape index (κ1) is 20.6. The Morgan fingerprint density at radius 2 is 1.72 bits per heavy atom. The molecule has 0 saturated carbocycles. The summed E-state index contributed by atoms with van der Waals surface area (Å²) in [7, 11) is 0. The highest BCUT2D eigenvalue weighted by Gasteiger charge is 2.14. The van der Waals surface area contributed by atoms with Gasteiger partial charge in [-0.2, -0.15) is 0 Å². The number of hydrogen-bond donors (Lipinski definition) is 2. The zero-order valence-corrected chi connectivity index (χ0v) is 17.0. The fourth-order valence-corrected chi connectivity index (χ4v) is 3.15. The minimum absolute atomic E-state index is 0.0134. The zero-order chi connectivity index (χ0) is 20.6. The summed E-state index contributed by atoms with van der Waals surface area (Å²) in [5.74, 6) is 1.18. The standard InChI is InChI=1S/C23H28N4O2/c1-17(2)15-25-22(28)16-27-20-12-7-6-11-19(20)26-21(27)13-8-14-24-23(29)18-9-4-3-5-10-18/h3-7,9-12,17H,8,13-16H2,1-2H3,(H,24,29)(H,25,28). The van der Waals surface area contributed by atoms with Gasteiger partial charge in [0.05, 0.1) is 11.0 Å². The van der Waals surface area contributed by atoms with Gasteiger partial charge in [-0.1, -0.05) is 44.2 Å². The van der Waals surface area contributed by atoms with Crippen LogP contribution in [0.4, 0.5) is 0 Å². The van der Waals surface area contributed by atoms with Crippen molar-refractivity contribution in [3.05, 3.63) is 66.0 Å². The summed E-state index contributed by atoms with van der Waals surface area (Å²) in [6, 6.07) is 17.0. The van der Waals surface area contributed by atoms with Gasteiger partial charge in [-0.15, -0.1) is 0 Å². The summed E-state index contributed by atoms with van der Waals surface area (Å²) in [4.78, 5) is 29.2. The number of hydrogen-bond acceptors (Lipinski definition) is 3. The molecule has 2 aromatic carbocycles. The van der Waals surface area contributed by atoms with E-state index in [1.807, 2.05) is 47.0 Å². The molecule has 0 spiro atoms. The summed E-state index contributed by atoms with van der Waals surface area (Å²) < 4.78 is 1.98. The van der Waals surface area contributed by atoms with Gasteiger partial charge in [-0.05, 0) is 36.6 Å². The molecule has 152 valence electrons. The number of aromatic nitrogens is 2. The second-order valence-electron chi connectivity index (χ2n) is 7.53. The lowest BCUT2D eigenvalue weighted by molar-refractivity contribution is -0.121. The molecule has 3 rings (SSSR count). The molecule has 0 saturated heterocycles. The Morgan fingerprint density at radius 1 is 1.00 bits per heavy atom. The van der Waals surface area contributed by atoms with Crippen molar-refractivity contribution in [1.82, 2.24) is 20.2 Å². The molecule has 0 fully saturated rings. The van der Waals surface area contributed by atoms with Crippen LogP contribution in [-0.4, -0.2) is 34.5 Å². The van der Waals surface area contributed by atoms with E-state index in [-0.39, 0.29) is 18.4 Å². The Morgan fingerprint density at radius 3 is 2.48 bits per heavy atom. The van der Waals surface area contributed by atoms with Crippen molar-refractivity contribution in [1.29, 1.82) is 0 Å². The van der Waals surface area contributed by atoms with Crippen LogP contribution in [0.1, 0.15) is 36.5 Å². The fourth-order valence-electron chi connectivity index (χ4n) is 3.15. The summed E-state index contributed by atoms with van der Waals surface area (Å²) in [6.45, 7) is 5.60. The normalized spacial score (nSPS) is 11.0. The highest BCUT2D eigenvalue weighted by Crippen LogP contribution is 2.17. The van der Waals surface area contributed by atoms with E-state index in [2.05, 4.69) is 24.5 Å². The number of nitrogens with zero attached hydrogens (tertiary/aromatic N) is 2. The Labute approximate surface area is 171 Å². The Kier molecular flexibility index (Phi) is 7.00. The molecule has 29 heavy (non-hydrogen) atoms. The van der Waals surface area contributed by atoms with Gasteiger partial charge in [0.2, 0.25) is 5.91 Å². The lowest BCUT2D eigenvalue weighted by Gasteiger charge is -2.11. The van der Waals surface area contributed by atoms with Crippen LogP contribution < -0.4 is 10.6 Å². The molecule has 1 aromatic heterocycles. The van der Waals surface area contributed by atoms with Gasteiger partial charge in [0.15, 0.2) is 0 Å². The molecule has 0 bridgehead atoms. The molecular formula is C23H28N4O2. The van der Waals surface area contributed by atoms with Gasteiger partial charge in [-0.25, -0.2) is 4.98 Å². The number of carbonyl (C=O) groups excluding carboxylic acids is 2. The first-order chi connectivity index (χ1) is 14.0. The quantitative estimate of drug-likeness (QED) is 0.549. The molecule has 0 radical (unpaired) electrons. The molecule has 1 heterocycles. The topological polar surface area (TPSA) is 76.0 Å². The molecule has 6 heteroatoms. The first-order valence-corrected chi connectivity index (χ1v) is 10.1. The molecular weight excluding hydrogens is 364 g/mol. The maximum atomic E-state index is 12.4. The van der Waals surface area contributed by atoms with Crippen LogP contribution in [0.3, 0.4) is 0 Å². The molecule has 3 aromatic rings. The second-order valence-corrected chi connectivity index (χ2v) is 7.53. The molecule has 2 amide bonds. The lowest BCUT2D eigenvalue weighted by atomic mass is 10.2. The van der Waals surface area contributed by atoms with E-state index in [0.717, 1.165) is 23.3 Å². The number of nitrogens with one attached hydrogen (secondary N) is 2. The van der Waals surface area contributed by atoms with E-state index < -0.39 is 0 Å². The first-order valence-electron chi connectivity index (χ1n) is 10.1. The minimum atomic E-state index is -0.0767. The van der Waals surface area contributed by atoms with Gasteiger partial charge in [0.25, 0.3) is 5.91 Å². The van der Waals surface area contributed by atoms with Crippen LogP contribution >= 0.6 is 0 Å². The molecule has 0 atom stereocenters. The van der Waals surface area contributed by atoms with Gasteiger partial charge >= 0.3 is 0 Å². The van der Waals surface area contributed by atoms with Crippen molar-refractivity contribution >= 4 is 22.8 Å². The number of carbonyl (C=O) groups is 2. The summed E-state index contributed by atoms with van der Waals surface area (Å²) >= 11 is 0. The highest BCUT2D eigenvalue weighted by molar-refractivity contribution is 5.94. The third-order valence-electron chi connectivity index (χ3n) is 4.64. The number of fused-ring (bicyclic) bond motifs is 1. The van der Waals surface area contributed by atoms with Crippen LogP contribution in [0.5, 0.6) is 0 Å². The maximum Gasteiger partial charge on any atom is 0.251 e. The third kappa shape index (κ3) is 5.67. The van der Waals surface area contributed by atoms with E-state index in [1.165, 1.54) is 0 Å². The van der Waals surface area contributed by atoms with Crippen molar-refractivity contribution in [2.45, 2.75) is 33.2 Å². The van der Waals surface area contributed by atoms with Crippen molar-refractivity contribution < 1.29 is 9.59 Å². The number of rotatable bonds is 9. The summed E-state index contributed by atoms with van der Waals surface area (Å²) in [6.07, 6.45) is 1.43. The Hall–Kier alpha value is -3.15. The van der Waals surface area contributed by atoms with Crippen molar-refractivity contribution in [2.75, 3.05) is 13.1 Å². The predicted octanol–water partition coefficient (Wildman–Crippen LogP) is 3.17. The third-order valence-corrected chi connectivity index (χ3v) is 4.64. The SMILES string of the molecule is CC(C)CNC(=O)Cn1c(CCCNC(=O)c2ccccc2)nc2ccccc21. The second kappa shape index (κ2) is 9.87. The minimum Gasteiger partial charge on any atom is -0.354 e. The largest absolute Gasteiger partial charge is 0.354 e. The average molecular weight is 393 g/mol. The van der Waals surface area contributed by atoms with Gasteiger partial charge in [0.1, 0.15) is 12.4 Å². The van der Waals surface area contributed by atoms with Gasteiger partial charge < -0.3 is 15.2 Å². The van der Waals surface area contributed by atoms with Gasteiger partial charge in [-0.3, -0.25) is 9.59 Å². The number of amides is 2. The van der Waals surface area contributed by atoms with E-state index in [9.17, 15) is 9.59 Å². The van der Waals surface area contributed by atoms with Crippen molar-refractivity contribution in [3.8, 4) is 0 Å². The number of benzene rings is 2. The van der Waals surface area contributed by atoms with E-state index in [4.69, 9.17) is 4.98 Å².